The maximum absolute atomic E-state index is 4.64. The molecule has 3 rings (SSSR count). The Morgan fingerprint density at radius 2 is 2.14 bits per heavy atom. The summed E-state index contributed by atoms with van der Waals surface area (Å²) in [5.41, 5.74) is 2.84. The molecular formula is C17H24N2S2. The first-order valence-corrected chi connectivity index (χ1v) is 9.71. The minimum absolute atomic E-state index is 0.424. The highest BCUT2D eigenvalue weighted by Crippen LogP contribution is 2.33. The zero-order valence-electron chi connectivity index (χ0n) is 12.9. The quantitative estimate of drug-likeness (QED) is 0.809. The molecule has 0 bridgehead atoms. The van der Waals surface area contributed by atoms with Crippen LogP contribution in [0.5, 0.6) is 0 Å². The van der Waals surface area contributed by atoms with Gasteiger partial charge in [0.2, 0.25) is 0 Å². The van der Waals surface area contributed by atoms with E-state index in [4.69, 9.17) is 0 Å². The Kier molecular flexibility index (Phi) is 5.09. The fraction of sp³-hybridized carbons (Fsp3) is 0.588. The molecule has 1 atom stereocenters. The summed E-state index contributed by atoms with van der Waals surface area (Å²) >= 11 is 3.79. The fourth-order valence-electron chi connectivity index (χ4n) is 3.09. The second kappa shape index (κ2) is 7.03. The van der Waals surface area contributed by atoms with Gasteiger partial charge in [0.25, 0.3) is 0 Å². The lowest BCUT2D eigenvalue weighted by atomic mass is 10.1. The number of thiazole rings is 1. The summed E-state index contributed by atoms with van der Waals surface area (Å²) in [7, 11) is 0. The normalized spacial score (nSPS) is 16.5. The van der Waals surface area contributed by atoms with Crippen molar-refractivity contribution in [2.45, 2.75) is 58.4 Å². The van der Waals surface area contributed by atoms with Crippen molar-refractivity contribution in [1.29, 1.82) is 0 Å². The molecule has 1 aliphatic carbocycles. The predicted octanol–water partition coefficient (Wildman–Crippen LogP) is 4.68. The summed E-state index contributed by atoms with van der Waals surface area (Å²) in [5.74, 6) is 0. The number of thiophene rings is 1. The minimum atomic E-state index is 0.424. The third kappa shape index (κ3) is 3.74. The van der Waals surface area contributed by atoms with Crippen LogP contribution < -0.4 is 5.32 Å². The number of hydrogen-bond donors (Lipinski definition) is 1. The van der Waals surface area contributed by atoms with E-state index in [1.807, 2.05) is 11.3 Å². The van der Waals surface area contributed by atoms with Crippen molar-refractivity contribution < 1.29 is 0 Å². The lowest BCUT2D eigenvalue weighted by Crippen LogP contribution is -2.22. The van der Waals surface area contributed by atoms with Gasteiger partial charge in [0, 0.05) is 27.6 Å². The smallest absolute Gasteiger partial charge is 0.0897 e. The molecule has 2 heterocycles. The summed E-state index contributed by atoms with van der Waals surface area (Å²) in [6, 6.07) is 2.89. The Balaban J connectivity index is 1.80. The van der Waals surface area contributed by atoms with Crippen LogP contribution in [0.1, 0.15) is 58.2 Å². The van der Waals surface area contributed by atoms with Gasteiger partial charge in [-0.25, -0.2) is 4.98 Å². The highest BCUT2D eigenvalue weighted by Gasteiger charge is 2.19. The van der Waals surface area contributed by atoms with Crippen molar-refractivity contribution in [2.75, 3.05) is 6.54 Å². The average Bonchev–Trinajstić information content (AvgIpc) is 2.99. The second-order valence-electron chi connectivity index (χ2n) is 5.83. The monoisotopic (exact) mass is 320 g/mol. The lowest BCUT2D eigenvalue weighted by Gasteiger charge is -2.15. The molecule has 0 amide bonds. The molecule has 0 aliphatic heterocycles. The van der Waals surface area contributed by atoms with Crippen molar-refractivity contribution in [2.24, 2.45) is 0 Å². The number of fused-ring (bicyclic) bond motifs is 1. The number of nitrogens with one attached hydrogen (secondary N) is 1. The Labute approximate surface area is 135 Å². The second-order valence-corrected chi connectivity index (χ2v) is 8.06. The number of aryl methyl sites for hydroxylation is 3. The molecule has 1 unspecified atom stereocenters. The van der Waals surface area contributed by atoms with Gasteiger partial charge in [-0.05, 0) is 50.8 Å². The van der Waals surface area contributed by atoms with Crippen LogP contribution in [0.15, 0.2) is 11.4 Å². The summed E-state index contributed by atoms with van der Waals surface area (Å²) in [6.07, 6.45) is 7.70. The van der Waals surface area contributed by atoms with Gasteiger partial charge in [0.05, 0.1) is 10.7 Å². The first-order chi connectivity index (χ1) is 10.3. The first kappa shape index (κ1) is 15.2. The maximum atomic E-state index is 4.64. The van der Waals surface area contributed by atoms with Gasteiger partial charge in [-0.2, -0.15) is 0 Å². The molecule has 21 heavy (non-hydrogen) atoms. The van der Waals surface area contributed by atoms with Gasteiger partial charge < -0.3 is 5.32 Å². The number of likely N-dealkylation sites (N-methyl/N-ethyl adjacent to an activating group) is 1. The van der Waals surface area contributed by atoms with Gasteiger partial charge >= 0.3 is 0 Å². The Morgan fingerprint density at radius 1 is 1.29 bits per heavy atom. The molecule has 114 valence electrons. The van der Waals surface area contributed by atoms with Crippen molar-refractivity contribution >= 4 is 22.7 Å². The molecule has 0 aromatic carbocycles. The number of nitrogens with zero attached hydrogens (tertiary/aromatic N) is 1. The molecule has 0 saturated heterocycles. The van der Waals surface area contributed by atoms with Crippen molar-refractivity contribution in [3.05, 3.63) is 37.5 Å². The van der Waals surface area contributed by atoms with Crippen LogP contribution in [0.3, 0.4) is 0 Å². The standard InChI is InChI=1S/C17H24N2S2/c1-3-18-15(10-14-11-20-12(2)19-14)17-9-13-7-5-4-6-8-16(13)21-17/h9,11,15,18H,3-8,10H2,1-2H3. The van der Waals surface area contributed by atoms with Crippen LogP contribution in [0, 0.1) is 6.92 Å². The van der Waals surface area contributed by atoms with E-state index in [1.165, 1.54) is 47.7 Å². The van der Waals surface area contributed by atoms with E-state index in [2.05, 4.69) is 35.6 Å². The zero-order valence-corrected chi connectivity index (χ0v) is 14.6. The molecule has 0 spiro atoms. The lowest BCUT2D eigenvalue weighted by molar-refractivity contribution is 0.552. The van der Waals surface area contributed by atoms with E-state index in [0.717, 1.165) is 13.0 Å². The van der Waals surface area contributed by atoms with Crippen LogP contribution in [0.25, 0.3) is 0 Å². The molecule has 0 radical (unpaired) electrons. The van der Waals surface area contributed by atoms with Gasteiger partial charge in [-0.1, -0.05) is 13.3 Å². The third-order valence-electron chi connectivity index (χ3n) is 4.14. The summed E-state index contributed by atoms with van der Waals surface area (Å²) in [4.78, 5) is 7.79. The zero-order chi connectivity index (χ0) is 14.7. The van der Waals surface area contributed by atoms with Gasteiger partial charge in [0.1, 0.15) is 0 Å². The first-order valence-electron chi connectivity index (χ1n) is 8.02. The highest BCUT2D eigenvalue weighted by atomic mass is 32.1. The molecule has 2 aromatic rings. The van der Waals surface area contributed by atoms with Gasteiger partial charge in [-0.15, -0.1) is 22.7 Å². The van der Waals surface area contributed by atoms with E-state index in [0.29, 0.717) is 6.04 Å². The molecule has 1 N–H and O–H groups in total. The van der Waals surface area contributed by atoms with Gasteiger partial charge in [-0.3, -0.25) is 0 Å². The summed E-state index contributed by atoms with van der Waals surface area (Å²) < 4.78 is 0. The number of hydrogen-bond acceptors (Lipinski definition) is 4. The highest BCUT2D eigenvalue weighted by molar-refractivity contribution is 7.12. The topological polar surface area (TPSA) is 24.9 Å². The molecule has 1 aliphatic rings. The third-order valence-corrected chi connectivity index (χ3v) is 6.31. The van der Waals surface area contributed by atoms with E-state index >= 15 is 0 Å². The SMILES string of the molecule is CCNC(Cc1csc(C)n1)c1cc2c(s1)CCCCC2. The van der Waals surface area contributed by atoms with Crippen molar-refractivity contribution in [1.82, 2.24) is 10.3 Å². The van der Waals surface area contributed by atoms with Gasteiger partial charge in [0.15, 0.2) is 0 Å². The van der Waals surface area contributed by atoms with Crippen molar-refractivity contribution in [3.8, 4) is 0 Å². The summed E-state index contributed by atoms with van der Waals surface area (Å²) in [6.45, 7) is 5.29. The fourth-order valence-corrected chi connectivity index (χ4v) is 5.05. The minimum Gasteiger partial charge on any atom is -0.309 e. The maximum Gasteiger partial charge on any atom is 0.0897 e. The molecule has 2 aromatic heterocycles. The van der Waals surface area contributed by atoms with Crippen LogP contribution >= 0.6 is 22.7 Å². The molecule has 0 fully saturated rings. The predicted molar refractivity (Wildman–Crippen MR) is 92.6 cm³/mol. The molecule has 0 saturated carbocycles. The van der Waals surface area contributed by atoms with Crippen molar-refractivity contribution in [3.63, 3.8) is 0 Å². The van der Waals surface area contributed by atoms with Crippen LogP contribution in [-0.2, 0) is 19.3 Å². The number of aromatic nitrogens is 1. The van der Waals surface area contributed by atoms with Crippen LogP contribution in [-0.4, -0.2) is 11.5 Å². The van der Waals surface area contributed by atoms with E-state index in [-0.39, 0.29) is 0 Å². The molecular weight excluding hydrogens is 296 g/mol. The van der Waals surface area contributed by atoms with E-state index in [9.17, 15) is 0 Å². The van der Waals surface area contributed by atoms with E-state index in [1.54, 1.807) is 21.8 Å². The summed E-state index contributed by atoms with van der Waals surface area (Å²) in [5, 5.41) is 7.03. The van der Waals surface area contributed by atoms with Crippen LogP contribution in [0.2, 0.25) is 0 Å². The molecule has 4 heteroatoms. The number of rotatable bonds is 5. The largest absolute Gasteiger partial charge is 0.309 e. The van der Waals surface area contributed by atoms with E-state index < -0.39 is 0 Å². The average molecular weight is 321 g/mol. The Hall–Kier alpha value is -0.710. The Morgan fingerprint density at radius 3 is 2.90 bits per heavy atom. The van der Waals surface area contributed by atoms with Crippen LogP contribution in [0.4, 0.5) is 0 Å². The molecule has 2 nitrogen and oxygen atoms in total. The Bertz CT molecular complexity index is 562.